The average molecular weight is 312 g/mol. The highest BCUT2D eigenvalue weighted by atomic mass is 32.2. The van der Waals surface area contributed by atoms with E-state index >= 15 is 0 Å². The van der Waals surface area contributed by atoms with E-state index in [-0.39, 0.29) is 24.3 Å². The number of carbonyl (C=O) groups is 1. The predicted molar refractivity (Wildman–Crippen MR) is 79.5 cm³/mol. The first-order chi connectivity index (χ1) is 9.97. The second kappa shape index (κ2) is 6.44. The van der Waals surface area contributed by atoms with Gasteiger partial charge in [0, 0.05) is 13.5 Å². The molecule has 1 aliphatic heterocycles. The number of benzene rings is 1. The van der Waals surface area contributed by atoms with Crippen molar-refractivity contribution in [3.05, 3.63) is 30.3 Å². The molecule has 116 valence electrons. The van der Waals surface area contributed by atoms with E-state index in [1.165, 1.54) is 11.4 Å². The van der Waals surface area contributed by atoms with E-state index in [9.17, 15) is 13.2 Å². The van der Waals surface area contributed by atoms with Crippen LogP contribution in [0.15, 0.2) is 30.3 Å². The smallest absolute Gasteiger partial charge is 0.238 e. The van der Waals surface area contributed by atoms with Crippen molar-refractivity contribution < 1.29 is 17.9 Å². The Kier molecular flexibility index (Phi) is 4.84. The molecule has 0 aliphatic carbocycles. The van der Waals surface area contributed by atoms with Crippen molar-refractivity contribution in [3.63, 3.8) is 0 Å². The summed E-state index contributed by atoms with van der Waals surface area (Å²) in [7, 11) is -1.93. The molecule has 21 heavy (non-hydrogen) atoms. The van der Waals surface area contributed by atoms with Crippen LogP contribution < -0.4 is 10.1 Å². The summed E-state index contributed by atoms with van der Waals surface area (Å²) in [5.41, 5.74) is 0. The highest BCUT2D eigenvalue weighted by molar-refractivity contribution is 7.89. The summed E-state index contributed by atoms with van der Waals surface area (Å²) in [6.45, 7) is 1.77. The Labute approximate surface area is 125 Å². The van der Waals surface area contributed by atoms with Crippen LogP contribution in [0.3, 0.4) is 0 Å². The summed E-state index contributed by atoms with van der Waals surface area (Å²) in [5.74, 6) is 0.346. The van der Waals surface area contributed by atoms with Gasteiger partial charge in [0.25, 0.3) is 0 Å². The molecule has 2 atom stereocenters. The Morgan fingerprint density at radius 3 is 2.62 bits per heavy atom. The molecule has 1 fully saturated rings. The van der Waals surface area contributed by atoms with Crippen LogP contribution >= 0.6 is 0 Å². The van der Waals surface area contributed by atoms with Crippen LogP contribution in [0.25, 0.3) is 0 Å². The van der Waals surface area contributed by atoms with Gasteiger partial charge in [0.1, 0.15) is 17.9 Å². The number of sulfonamides is 1. The van der Waals surface area contributed by atoms with Gasteiger partial charge in [0.15, 0.2) is 0 Å². The first-order valence-electron chi connectivity index (χ1n) is 6.90. The SMILES string of the molecule is CCS(=O)(=O)N1C[C@@H](Oc2ccccc2)C[C@H]1C(=O)NC. The fourth-order valence-electron chi connectivity index (χ4n) is 2.42. The van der Waals surface area contributed by atoms with Gasteiger partial charge in [-0.05, 0) is 19.1 Å². The van der Waals surface area contributed by atoms with E-state index in [2.05, 4.69) is 5.32 Å². The number of nitrogens with one attached hydrogen (secondary N) is 1. The molecule has 1 heterocycles. The minimum atomic E-state index is -3.43. The molecular formula is C14H20N2O4S. The molecule has 7 heteroatoms. The van der Waals surface area contributed by atoms with Gasteiger partial charge < -0.3 is 10.1 Å². The van der Waals surface area contributed by atoms with Crippen LogP contribution in [0.5, 0.6) is 5.75 Å². The third-order valence-electron chi connectivity index (χ3n) is 3.53. The molecule has 1 N–H and O–H groups in total. The molecule has 1 saturated heterocycles. The van der Waals surface area contributed by atoms with Gasteiger partial charge in [0.05, 0.1) is 12.3 Å². The Balaban J connectivity index is 2.16. The second-order valence-corrected chi connectivity index (χ2v) is 7.10. The number of ether oxygens (including phenoxy) is 1. The zero-order valence-corrected chi connectivity index (χ0v) is 13.0. The molecule has 0 aromatic heterocycles. The number of para-hydroxylation sites is 1. The van der Waals surface area contributed by atoms with Gasteiger partial charge in [-0.2, -0.15) is 4.31 Å². The van der Waals surface area contributed by atoms with Crippen molar-refractivity contribution in [1.82, 2.24) is 9.62 Å². The molecule has 0 saturated carbocycles. The summed E-state index contributed by atoms with van der Waals surface area (Å²) >= 11 is 0. The van der Waals surface area contributed by atoms with Crippen molar-refractivity contribution in [3.8, 4) is 5.75 Å². The van der Waals surface area contributed by atoms with Gasteiger partial charge in [-0.15, -0.1) is 0 Å². The third-order valence-corrected chi connectivity index (χ3v) is 5.38. The van der Waals surface area contributed by atoms with Gasteiger partial charge in [0.2, 0.25) is 15.9 Å². The number of carbonyl (C=O) groups excluding carboxylic acids is 1. The Morgan fingerprint density at radius 2 is 2.05 bits per heavy atom. The monoisotopic (exact) mass is 312 g/mol. The highest BCUT2D eigenvalue weighted by Crippen LogP contribution is 2.25. The Hall–Kier alpha value is -1.60. The zero-order chi connectivity index (χ0) is 15.5. The molecule has 0 spiro atoms. The van der Waals surface area contributed by atoms with Gasteiger partial charge in [-0.1, -0.05) is 18.2 Å². The maximum absolute atomic E-state index is 12.1. The minimum Gasteiger partial charge on any atom is -0.489 e. The molecule has 1 aliphatic rings. The molecule has 0 bridgehead atoms. The molecule has 1 amide bonds. The summed E-state index contributed by atoms with van der Waals surface area (Å²) in [4.78, 5) is 11.9. The Morgan fingerprint density at radius 1 is 1.38 bits per heavy atom. The number of nitrogens with zero attached hydrogens (tertiary/aromatic N) is 1. The quantitative estimate of drug-likeness (QED) is 0.864. The van der Waals surface area contributed by atoms with Gasteiger partial charge >= 0.3 is 0 Å². The zero-order valence-electron chi connectivity index (χ0n) is 12.2. The van der Waals surface area contributed by atoms with E-state index in [0.717, 1.165) is 0 Å². The van der Waals surface area contributed by atoms with Crippen LogP contribution in [-0.2, 0) is 14.8 Å². The molecular weight excluding hydrogens is 292 g/mol. The third kappa shape index (κ3) is 3.54. The van der Waals surface area contributed by atoms with Gasteiger partial charge in [-0.25, -0.2) is 8.42 Å². The summed E-state index contributed by atoms with van der Waals surface area (Å²) in [6.07, 6.45) is 0.0318. The van der Waals surface area contributed by atoms with Crippen molar-refractivity contribution in [2.45, 2.75) is 25.5 Å². The second-order valence-electron chi connectivity index (χ2n) is 4.89. The molecule has 1 aromatic rings. The fourth-order valence-corrected chi connectivity index (χ4v) is 3.72. The fraction of sp³-hybridized carbons (Fsp3) is 0.500. The number of amides is 1. The Bertz CT molecular complexity index is 588. The summed E-state index contributed by atoms with van der Waals surface area (Å²) < 4.78 is 31.3. The van der Waals surface area contributed by atoms with E-state index in [1.807, 2.05) is 30.3 Å². The minimum absolute atomic E-state index is 0.0292. The number of rotatable bonds is 5. The largest absolute Gasteiger partial charge is 0.489 e. The van der Waals surface area contributed by atoms with Crippen LogP contribution in [0.1, 0.15) is 13.3 Å². The molecule has 0 radical (unpaired) electrons. The summed E-state index contributed by atoms with van der Waals surface area (Å²) in [5, 5.41) is 2.52. The van der Waals surface area contributed by atoms with Crippen LogP contribution in [0.4, 0.5) is 0 Å². The molecule has 0 unspecified atom stereocenters. The maximum Gasteiger partial charge on any atom is 0.238 e. The van der Waals surface area contributed by atoms with E-state index in [0.29, 0.717) is 12.2 Å². The standard InChI is InChI=1S/C14H20N2O4S/c1-3-21(18,19)16-10-12(9-13(16)14(17)15-2)20-11-7-5-4-6-8-11/h4-8,12-13H,3,9-10H2,1-2H3,(H,15,17)/t12-,13-/m0/s1. The van der Waals surface area contributed by atoms with Gasteiger partial charge in [-0.3, -0.25) is 4.79 Å². The highest BCUT2D eigenvalue weighted by Gasteiger charge is 2.43. The maximum atomic E-state index is 12.1. The van der Waals surface area contributed by atoms with E-state index in [1.54, 1.807) is 6.92 Å². The number of hydrogen-bond donors (Lipinski definition) is 1. The van der Waals surface area contributed by atoms with E-state index in [4.69, 9.17) is 4.74 Å². The lowest BCUT2D eigenvalue weighted by Gasteiger charge is -2.21. The predicted octanol–water partition coefficient (Wildman–Crippen LogP) is 0.604. The van der Waals surface area contributed by atoms with Crippen molar-refractivity contribution in [1.29, 1.82) is 0 Å². The lowest BCUT2D eigenvalue weighted by atomic mass is 10.2. The van der Waals surface area contributed by atoms with Crippen molar-refractivity contribution in [2.75, 3.05) is 19.3 Å². The first-order valence-corrected chi connectivity index (χ1v) is 8.51. The first kappa shape index (κ1) is 15.8. The topological polar surface area (TPSA) is 75.7 Å². The van der Waals surface area contributed by atoms with Crippen molar-refractivity contribution >= 4 is 15.9 Å². The number of hydrogen-bond acceptors (Lipinski definition) is 4. The molecule has 6 nitrogen and oxygen atoms in total. The normalized spacial score (nSPS) is 23.0. The van der Waals surface area contributed by atoms with Crippen LogP contribution in [0, 0.1) is 0 Å². The van der Waals surface area contributed by atoms with Crippen LogP contribution in [-0.4, -0.2) is 50.1 Å². The van der Waals surface area contributed by atoms with Crippen LogP contribution in [0.2, 0.25) is 0 Å². The lowest BCUT2D eigenvalue weighted by Crippen LogP contribution is -2.45. The van der Waals surface area contributed by atoms with E-state index < -0.39 is 16.1 Å². The molecule has 1 aromatic carbocycles. The summed E-state index contributed by atoms with van der Waals surface area (Å²) in [6, 6.07) is 8.50. The lowest BCUT2D eigenvalue weighted by molar-refractivity contribution is -0.123. The number of likely N-dealkylation sites (N-methyl/N-ethyl adjacent to an activating group) is 1. The molecule has 2 rings (SSSR count). The van der Waals surface area contributed by atoms with Crippen molar-refractivity contribution in [2.24, 2.45) is 0 Å². The average Bonchev–Trinajstić information content (AvgIpc) is 2.92.